The number of benzene rings is 2. The molecule has 2 amide bonds. The Balaban J connectivity index is 1.60. The van der Waals surface area contributed by atoms with E-state index in [-0.39, 0.29) is 36.3 Å². The van der Waals surface area contributed by atoms with Gasteiger partial charge in [-0.3, -0.25) is 0 Å². The van der Waals surface area contributed by atoms with Gasteiger partial charge in [0.1, 0.15) is 5.03 Å². The van der Waals surface area contributed by atoms with Gasteiger partial charge in [0.2, 0.25) is 0 Å². The van der Waals surface area contributed by atoms with E-state index in [0.29, 0.717) is 23.0 Å². The van der Waals surface area contributed by atoms with Crippen molar-refractivity contribution >= 4 is 29.4 Å². The number of pyridine rings is 1. The van der Waals surface area contributed by atoms with E-state index in [4.69, 9.17) is 9.47 Å². The second kappa shape index (κ2) is 12.9. The molecule has 200 valence electrons. The van der Waals surface area contributed by atoms with Gasteiger partial charge in [0, 0.05) is 35.7 Å². The standard InChI is InChI=1S/C28H31N3O6S/c1-3-29-28(35)31-21-7-4-6-20(14-21)27-36-23(16-38-25-22(26(33)34)8-5-13-30-25)17(2)24(37-27)19-11-9-18(15-32)10-12-19/h4-14,17,23-24,27,32H,3,15-16H2,1-2H3,(H,33,34)(H2,29,31,35)/t17-,23+,24+,27?/m0/s1. The van der Waals surface area contributed by atoms with E-state index in [9.17, 15) is 19.8 Å². The van der Waals surface area contributed by atoms with Crippen molar-refractivity contribution in [2.24, 2.45) is 5.92 Å². The molecule has 0 radical (unpaired) electrons. The first-order chi connectivity index (χ1) is 18.4. The number of nitrogens with zero attached hydrogens (tertiary/aromatic N) is 1. The zero-order valence-corrected chi connectivity index (χ0v) is 22.0. The van der Waals surface area contributed by atoms with Crippen molar-refractivity contribution in [1.82, 2.24) is 10.3 Å². The molecule has 4 atom stereocenters. The molecule has 1 aliphatic rings. The number of anilines is 1. The number of nitrogens with one attached hydrogen (secondary N) is 2. The molecule has 9 nitrogen and oxygen atoms in total. The maximum absolute atomic E-state index is 12.0. The Morgan fingerprint density at radius 1 is 1.05 bits per heavy atom. The normalized spacial score (nSPS) is 21.0. The van der Waals surface area contributed by atoms with Gasteiger partial charge in [-0.1, -0.05) is 43.3 Å². The van der Waals surface area contributed by atoms with Crippen molar-refractivity contribution in [3.63, 3.8) is 0 Å². The topological polar surface area (TPSA) is 130 Å². The van der Waals surface area contributed by atoms with Gasteiger partial charge >= 0.3 is 12.0 Å². The Labute approximate surface area is 225 Å². The molecule has 1 unspecified atom stereocenters. The average molecular weight is 538 g/mol. The number of aliphatic hydroxyl groups is 1. The maximum atomic E-state index is 12.0. The third kappa shape index (κ3) is 6.70. The minimum Gasteiger partial charge on any atom is -0.478 e. The van der Waals surface area contributed by atoms with E-state index in [1.54, 1.807) is 18.3 Å². The van der Waals surface area contributed by atoms with Crippen LogP contribution in [0.4, 0.5) is 10.5 Å². The second-order valence-corrected chi connectivity index (χ2v) is 9.91. The molecule has 38 heavy (non-hydrogen) atoms. The van der Waals surface area contributed by atoms with Crippen LogP contribution in [0, 0.1) is 5.92 Å². The molecule has 2 aromatic carbocycles. The van der Waals surface area contributed by atoms with Gasteiger partial charge in [-0.2, -0.15) is 0 Å². The number of amides is 2. The Kier molecular flexibility index (Phi) is 9.35. The van der Waals surface area contributed by atoms with E-state index in [1.807, 2.05) is 56.3 Å². The molecule has 1 saturated heterocycles. The van der Waals surface area contributed by atoms with Crippen molar-refractivity contribution in [3.8, 4) is 0 Å². The van der Waals surface area contributed by atoms with Gasteiger partial charge < -0.3 is 30.3 Å². The van der Waals surface area contributed by atoms with Crippen molar-refractivity contribution in [3.05, 3.63) is 89.1 Å². The highest BCUT2D eigenvalue weighted by Gasteiger charge is 2.38. The molecule has 0 saturated carbocycles. The Morgan fingerprint density at radius 2 is 1.84 bits per heavy atom. The van der Waals surface area contributed by atoms with Crippen LogP contribution in [-0.4, -0.2) is 45.6 Å². The van der Waals surface area contributed by atoms with E-state index in [1.165, 1.54) is 17.8 Å². The smallest absolute Gasteiger partial charge is 0.338 e. The Bertz CT molecular complexity index is 1260. The number of carbonyl (C=O) groups excluding carboxylic acids is 1. The van der Waals surface area contributed by atoms with E-state index < -0.39 is 12.3 Å². The summed E-state index contributed by atoms with van der Waals surface area (Å²) in [5.74, 6) is -0.648. The first-order valence-corrected chi connectivity index (χ1v) is 13.3. The Hall–Kier alpha value is -3.44. The number of thioether (sulfide) groups is 1. The third-order valence-electron chi connectivity index (χ3n) is 6.26. The van der Waals surface area contributed by atoms with Crippen LogP contribution in [0.15, 0.2) is 71.9 Å². The van der Waals surface area contributed by atoms with Crippen molar-refractivity contribution in [2.75, 3.05) is 17.6 Å². The largest absolute Gasteiger partial charge is 0.478 e. The first-order valence-electron chi connectivity index (χ1n) is 12.4. The molecule has 10 heteroatoms. The molecular weight excluding hydrogens is 506 g/mol. The number of rotatable bonds is 9. The number of aromatic nitrogens is 1. The lowest BCUT2D eigenvalue weighted by atomic mass is 9.91. The van der Waals surface area contributed by atoms with E-state index in [0.717, 1.165) is 16.7 Å². The number of hydrogen-bond donors (Lipinski definition) is 4. The van der Waals surface area contributed by atoms with Crippen LogP contribution in [0.3, 0.4) is 0 Å². The molecule has 0 spiro atoms. The third-order valence-corrected chi connectivity index (χ3v) is 7.36. The molecule has 1 aliphatic heterocycles. The summed E-state index contributed by atoms with van der Waals surface area (Å²) < 4.78 is 12.9. The molecule has 0 bridgehead atoms. The number of hydrogen-bond acceptors (Lipinski definition) is 7. The molecule has 3 aromatic rings. The summed E-state index contributed by atoms with van der Waals surface area (Å²) in [6.07, 6.45) is 0.225. The Morgan fingerprint density at radius 3 is 2.55 bits per heavy atom. The van der Waals surface area contributed by atoms with Gasteiger partial charge in [-0.05, 0) is 42.3 Å². The van der Waals surface area contributed by atoms with Crippen molar-refractivity contribution in [1.29, 1.82) is 0 Å². The lowest BCUT2D eigenvalue weighted by Gasteiger charge is -2.41. The summed E-state index contributed by atoms with van der Waals surface area (Å²) in [5, 5.41) is 24.9. The van der Waals surface area contributed by atoms with Crippen LogP contribution in [0.2, 0.25) is 0 Å². The summed E-state index contributed by atoms with van der Waals surface area (Å²) in [6, 6.07) is 17.7. The highest BCUT2D eigenvalue weighted by molar-refractivity contribution is 7.99. The van der Waals surface area contributed by atoms with Gasteiger partial charge in [-0.15, -0.1) is 11.8 Å². The number of urea groups is 1. The molecular formula is C28H31N3O6S. The van der Waals surface area contributed by atoms with Crippen LogP contribution < -0.4 is 10.6 Å². The second-order valence-electron chi connectivity index (χ2n) is 8.90. The molecule has 4 rings (SSSR count). The zero-order valence-electron chi connectivity index (χ0n) is 21.2. The molecule has 1 aromatic heterocycles. The number of aromatic carboxylic acids is 1. The van der Waals surface area contributed by atoms with Gasteiger partial charge in [0.15, 0.2) is 6.29 Å². The fraction of sp³-hybridized carbons (Fsp3) is 0.321. The van der Waals surface area contributed by atoms with E-state index >= 15 is 0 Å². The average Bonchev–Trinajstić information content (AvgIpc) is 2.93. The summed E-state index contributed by atoms with van der Waals surface area (Å²) in [4.78, 5) is 27.9. The first kappa shape index (κ1) is 27.6. The highest BCUT2D eigenvalue weighted by atomic mass is 32.2. The van der Waals surface area contributed by atoms with Crippen molar-refractivity contribution < 1.29 is 29.3 Å². The molecule has 0 aliphatic carbocycles. The summed E-state index contributed by atoms with van der Waals surface area (Å²) in [7, 11) is 0. The predicted octanol–water partition coefficient (Wildman–Crippen LogP) is 5.00. The predicted molar refractivity (Wildman–Crippen MR) is 144 cm³/mol. The monoisotopic (exact) mass is 537 g/mol. The highest BCUT2D eigenvalue weighted by Crippen LogP contribution is 2.43. The van der Waals surface area contributed by atoms with Crippen LogP contribution >= 0.6 is 11.8 Å². The van der Waals surface area contributed by atoms with Crippen LogP contribution in [0.5, 0.6) is 0 Å². The van der Waals surface area contributed by atoms with Crippen molar-refractivity contribution in [2.45, 2.75) is 44.0 Å². The molecule has 4 N–H and O–H groups in total. The van der Waals surface area contributed by atoms with Gasteiger partial charge in [0.05, 0.1) is 24.4 Å². The maximum Gasteiger partial charge on any atom is 0.338 e. The lowest BCUT2D eigenvalue weighted by Crippen LogP contribution is -2.38. The fourth-order valence-electron chi connectivity index (χ4n) is 4.24. The fourth-order valence-corrected chi connectivity index (χ4v) is 5.39. The molecule has 1 fully saturated rings. The summed E-state index contributed by atoms with van der Waals surface area (Å²) >= 11 is 1.33. The number of aliphatic hydroxyl groups excluding tert-OH is 1. The van der Waals surface area contributed by atoms with Crippen LogP contribution in [0.1, 0.15) is 53.3 Å². The number of carboxylic acid groups (broad SMARTS) is 1. The number of carbonyl (C=O) groups is 2. The minimum absolute atomic E-state index is 0.0479. The minimum atomic E-state index is -1.03. The number of ether oxygens (including phenoxy) is 2. The summed E-state index contributed by atoms with van der Waals surface area (Å²) in [5.41, 5.74) is 3.24. The van der Waals surface area contributed by atoms with Crippen LogP contribution in [0.25, 0.3) is 0 Å². The summed E-state index contributed by atoms with van der Waals surface area (Å²) in [6.45, 7) is 4.34. The van der Waals surface area contributed by atoms with Gasteiger partial charge in [-0.25, -0.2) is 14.6 Å². The zero-order chi connectivity index (χ0) is 27.1. The van der Waals surface area contributed by atoms with Gasteiger partial charge in [0.25, 0.3) is 0 Å². The lowest BCUT2D eigenvalue weighted by molar-refractivity contribution is -0.268. The quantitative estimate of drug-likeness (QED) is 0.281. The van der Waals surface area contributed by atoms with E-state index in [2.05, 4.69) is 15.6 Å². The van der Waals surface area contributed by atoms with Crippen LogP contribution in [-0.2, 0) is 16.1 Å². The number of carboxylic acids is 1. The molecule has 2 heterocycles. The SMILES string of the molecule is CCNC(=O)Nc1cccc(C2O[C@H](CSc3ncccc3C(=O)O)[C@H](C)[C@H](c3ccc(CO)cc3)O2)c1.